The Balaban J connectivity index is 1.17. The summed E-state index contributed by atoms with van der Waals surface area (Å²) < 4.78 is 0. The average molecular weight is 705 g/mol. The highest BCUT2D eigenvalue weighted by Crippen LogP contribution is 2.45. The highest BCUT2D eigenvalue weighted by Gasteiger charge is 2.17. The number of aryl methyl sites for hydroxylation is 1. The van der Waals surface area contributed by atoms with Crippen molar-refractivity contribution in [2.45, 2.75) is 33.1 Å². The maximum atomic E-state index is 5.22. The molecule has 0 N–H and O–H groups in total. The number of benzene rings is 9. The quantitative estimate of drug-likeness (QED) is 0.161. The van der Waals surface area contributed by atoms with E-state index < -0.39 is 0 Å². The van der Waals surface area contributed by atoms with E-state index in [0.29, 0.717) is 5.92 Å². The van der Waals surface area contributed by atoms with Crippen molar-refractivity contribution in [3.8, 4) is 45.0 Å². The molecule has 0 aliphatic rings. The minimum Gasteiger partial charge on any atom is -0.228 e. The summed E-state index contributed by atoms with van der Waals surface area (Å²) in [6.07, 6.45) is 1.11. The number of nitrogens with zero attached hydrogens (tertiary/aromatic N) is 2. The van der Waals surface area contributed by atoms with Crippen LogP contribution in [0.5, 0.6) is 0 Å². The fourth-order valence-corrected chi connectivity index (χ4v) is 8.45. The largest absolute Gasteiger partial charge is 0.228 e. The van der Waals surface area contributed by atoms with Gasteiger partial charge in [0.15, 0.2) is 5.82 Å². The Bertz CT molecular complexity index is 3070. The first-order valence-corrected chi connectivity index (χ1v) is 19.4. The molecule has 10 rings (SSSR count). The van der Waals surface area contributed by atoms with Crippen LogP contribution in [0.2, 0.25) is 0 Å². The van der Waals surface area contributed by atoms with Gasteiger partial charge in [0.05, 0.1) is 11.4 Å². The summed E-state index contributed by atoms with van der Waals surface area (Å²) in [6.45, 7) is 6.63. The van der Waals surface area contributed by atoms with Crippen LogP contribution in [0.3, 0.4) is 0 Å². The van der Waals surface area contributed by atoms with Crippen LogP contribution in [0.1, 0.15) is 37.3 Å². The van der Waals surface area contributed by atoms with Gasteiger partial charge in [0, 0.05) is 16.7 Å². The van der Waals surface area contributed by atoms with E-state index in [2.05, 4.69) is 191 Å². The van der Waals surface area contributed by atoms with Gasteiger partial charge < -0.3 is 0 Å². The standard InChI is InChI=1S/C53H40N2/c1-4-34(3)35-24-26-37(27-25-35)53-54-49(36-22-20-33(2)21-23-36)32-50(55-53)40-13-11-12-38(30-40)39-28-29-44-43-16-7-9-18-46(43)51-45-17-8-5-14-41(45)42-15-6-10-19-47(42)52(51)48(44)31-39/h5-32,34H,4H2,1-3H3. The Morgan fingerprint density at radius 1 is 0.400 bits per heavy atom. The van der Waals surface area contributed by atoms with E-state index in [9.17, 15) is 0 Å². The predicted octanol–water partition coefficient (Wildman–Crippen LogP) is 14.7. The Labute approximate surface area is 321 Å². The van der Waals surface area contributed by atoms with E-state index in [4.69, 9.17) is 9.97 Å². The molecule has 1 heterocycles. The van der Waals surface area contributed by atoms with Crippen molar-refractivity contribution < 1.29 is 0 Å². The molecule has 0 amide bonds. The molecule has 0 aliphatic heterocycles. The summed E-state index contributed by atoms with van der Waals surface area (Å²) in [5.41, 5.74) is 9.88. The molecule has 1 unspecified atom stereocenters. The number of hydrogen-bond acceptors (Lipinski definition) is 2. The molecule has 0 saturated carbocycles. The molecule has 0 bridgehead atoms. The zero-order valence-corrected chi connectivity index (χ0v) is 31.3. The Hall–Kier alpha value is -6.64. The summed E-state index contributed by atoms with van der Waals surface area (Å²) in [5.74, 6) is 1.24. The minimum atomic E-state index is 0.511. The fraction of sp³-hybridized carbons (Fsp3) is 0.0943. The maximum absolute atomic E-state index is 5.22. The van der Waals surface area contributed by atoms with Crippen LogP contribution in [-0.2, 0) is 0 Å². The smallest absolute Gasteiger partial charge is 0.160 e. The molecule has 1 aromatic heterocycles. The summed E-state index contributed by atoms with van der Waals surface area (Å²) in [5, 5.41) is 12.9. The minimum absolute atomic E-state index is 0.511. The second-order valence-corrected chi connectivity index (χ2v) is 15.0. The molecule has 55 heavy (non-hydrogen) atoms. The summed E-state index contributed by atoms with van der Waals surface area (Å²) in [4.78, 5) is 10.4. The topological polar surface area (TPSA) is 25.8 Å². The van der Waals surface area contributed by atoms with Crippen molar-refractivity contribution >= 4 is 53.9 Å². The van der Waals surface area contributed by atoms with Gasteiger partial charge in [-0.2, -0.15) is 0 Å². The van der Waals surface area contributed by atoms with Gasteiger partial charge in [0.25, 0.3) is 0 Å². The first-order chi connectivity index (χ1) is 27.0. The SMILES string of the molecule is CCC(C)c1ccc(-c2nc(-c3ccc(C)cc3)cc(-c3cccc(-c4ccc5c6ccccc6c6c7ccccc7c7ccccc7c6c5c4)c3)n2)cc1. The molecule has 0 saturated heterocycles. The number of fused-ring (bicyclic) bond motifs is 11. The van der Waals surface area contributed by atoms with Crippen LogP contribution in [0, 0.1) is 6.92 Å². The third kappa shape index (κ3) is 5.65. The Morgan fingerprint density at radius 3 is 1.47 bits per heavy atom. The van der Waals surface area contributed by atoms with Crippen molar-refractivity contribution in [3.63, 3.8) is 0 Å². The van der Waals surface area contributed by atoms with Crippen molar-refractivity contribution in [2.75, 3.05) is 0 Å². The van der Waals surface area contributed by atoms with Crippen LogP contribution in [-0.4, -0.2) is 9.97 Å². The molecule has 2 nitrogen and oxygen atoms in total. The molecular weight excluding hydrogens is 665 g/mol. The number of hydrogen-bond donors (Lipinski definition) is 0. The molecule has 1 atom stereocenters. The molecule has 2 heteroatoms. The summed E-state index contributed by atoms with van der Waals surface area (Å²) >= 11 is 0. The highest BCUT2D eigenvalue weighted by atomic mass is 14.9. The lowest BCUT2D eigenvalue weighted by molar-refractivity contribution is 0.734. The van der Waals surface area contributed by atoms with Gasteiger partial charge in [0.2, 0.25) is 0 Å². The van der Waals surface area contributed by atoms with E-state index in [1.54, 1.807) is 0 Å². The first-order valence-electron chi connectivity index (χ1n) is 19.4. The van der Waals surface area contributed by atoms with Crippen LogP contribution in [0.4, 0.5) is 0 Å². The van der Waals surface area contributed by atoms with Crippen LogP contribution in [0.15, 0.2) is 170 Å². The first kappa shape index (κ1) is 33.0. The summed E-state index contributed by atoms with van der Waals surface area (Å²) in [6, 6.07) is 62.1. The monoisotopic (exact) mass is 704 g/mol. The lowest BCUT2D eigenvalue weighted by atomic mass is 9.86. The average Bonchev–Trinajstić information content (AvgIpc) is 3.26. The van der Waals surface area contributed by atoms with Crippen molar-refractivity contribution in [2.24, 2.45) is 0 Å². The normalized spacial score (nSPS) is 12.3. The molecular formula is C53H40N2. The second kappa shape index (κ2) is 13.3. The third-order valence-electron chi connectivity index (χ3n) is 11.6. The molecule has 0 aliphatic carbocycles. The van der Waals surface area contributed by atoms with Crippen molar-refractivity contribution in [1.29, 1.82) is 0 Å². The van der Waals surface area contributed by atoms with Crippen LogP contribution >= 0.6 is 0 Å². The summed E-state index contributed by atoms with van der Waals surface area (Å²) in [7, 11) is 0. The van der Waals surface area contributed by atoms with Gasteiger partial charge in [-0.25, -0.2) is 9.97 Å². The van der Waals surface area contributed by atoms with Gasteiger partial charge in [0.1, 0.15) is 0 Å². The lowest BCUT2D eigenvalue weighted by Gasteiger charge is -2.17. The van der Waals surface area contributed by atoms with Crippen molar-refractivity contribution in [1.82, 2.24) is 9.97 Å². The Kier molecular flexibility index (Phi) is 7.99. The van der Waals surface area contributed by atoms with Gasteiger partial charge in [-0.15, -0.1) is 0 Å². The van der Waals surface area contributed by atoms with Gasteiger partial charge in [-0.05, 0) is 108 Å². The van der Waals surface area contributed by atoms with Crippen molar-refractivity contribution in [3.05, 3.63) is 181 Å². The van der Waals surface area contributed by atoms with E-state index >= 15 is 0 Å². The van der Waals surface area contributed by atoms with E-state index in [1.807, 2.05) is 0 Å². The molecule has 9 aromatic carbocycles. The molecule has 0 fully saturated rings. The number of rotatable bonds is 6. The maximum Gasteiger partial charge on any atom is 0.160 e. The van der Waals surface area contributed by atoms with Crippen LogP contribution < -0.4 is 0 Å². The predicted molar refractivity (Wildman–Crippen MR) is 235 cm³/mol. The van der Waals surface area contributed by atoms with E-state index in [-0.39, 0.29) is 0 Å². The van der Waals surface area contributed by atoms with E-state index in [0.717, 1.165) is 45.9 Å². The zero-order valence-electron chi connectivity index (χ0n) is 31.3. The van der Waals surface area contributed by atoms with Gasteiger partial charge in [-0.1, -0.05) is 171 Å². The molecule has 262 valence electrons. The van der Waals surface area contributed by atoms with Crippen LogP contribution in [0.25, 0.3) is 98.9 Å². The fourth-order valence-electron chi connectivity index (χ4n) is 8.45. The van der Waals surface area contributed by atoms with E-state index in [1.165, 1.54) is 70.6 Å². The highest BCUT2D eigenvalue weighted by molar-refractivity contribution is 6.39. The third-order valence-corrected chi connectivity index (χ3v) is 11.6. The lowest BCUT2D eigenvalue weighted by Crippen LogP contribution is -1.97. The number of aromatic nitrogens is 2. The van der Waals surface area contributed by atoms with Gasteiger partial charge >= 0.3 is 0 Å². The molecule has 0 spiro atoms. The molecule has 10 aromatic rings. The molecule has 0 radical (unpaired) electrons. The second-order valence-electron chi connectivity index (χ2n) is 15.0. The van der Waals surface area contributed by atoms with Gasteiger partial charge in [-0.3, -0.25) is 0 Å². The zero-order chi connectivity index (χ0) is 37.0. The Morgan fingerprint density at radius 2 is 0.873 bits per heavy atom.